The fourth-order valence-corrected chi connectivity index (χ4v) is 2.11. The first kappa shape index (κ1) is 10.7. The molecule has 1 heteroatoms. The van der Waals surface area contributed by atoms with Crippen molar-refractivity contribution >= 4 is 0 Å². The first-order chi connectivity index (χ1) is 5.20. The van der Waals surface area contributed by atoms with Gasteiger partial charge in [0.15, 0.2) is 0 Å². The Morgan fingerprint density at radius 3 is 2.45 bits per heavy atom. The molecule has 1 saturated carbocycles. The fraction of sp³-hybridized carbons (Fsp3) is 0.900. The summed E-state index contributed by atoms with van der Waals surface area (Å²) < 4.78 is 7.75. The molecule has 0 aromatic carbocycles. The summed E-state index contributed by atoms with van der Waals surface area (Å²) in [7, 11) is 0. The first-order valence-electron chi connectivity index (χ1n) is 5.05. The van der Waals surface area contributed by atoms with Gasteiger partial charge in [-0.05, 0) is 1.37 Å². The van der Waals surface area contributed by atoms with E-state index in [2.05, 4.69) is 27.2 Å². The van der Waals surface area contributed by atoms with Crippen LogP contribution in [0.5, 0.6) is 0 Å². The zero-order chi connectivity index (χ0) is 8.43. The van der Waals surface area contributed by atoms with Crippen molar-refractivity contribution in [3.63, 3.8) is 0 Å². The molecule has 0 N–H and O–H groups in total. The minimum absolute atomic E-state index is 0. The number of rotatable bonds is 2. The van der Waals surface area contributed by atoms with Gasteiger partial charge in [0.2, 0.25) is 0 Å². The van der Waals surface area contributed by atoms with Crippen LogP contribution < -0.4 is 51.4 Å². The van der Waals surface area contributed by atoms with Crippen LogP contribution in [0.2, 0.25) is 0 Å². The monoisotopic (exact) mass is 179 g/mol. The van der Waals surface area contributed by atoms with Crippen molar-refractivity contribution < 1.29 is 52.8 Å². The summed E-state index contributed by atoms with van der Waals surface area (Å²) in [6.45, 7) is 6.70. The molecule has 0 aromatic heterocycles. The van der Waals surface area contributed by atoms with E-state index in [1.54, 1.807) is 0 Å². The van der Waals surface area contributed by atoms with Crippen LogP contribution in [0.15, 0.2) is 0 Å². The molecule has 4 atom stereocenters. The maximum atomic E-state index is 7.75. The summed E-state index contributed by atoms with van der Waals surface area (Å²) in [5.41, 5.74) is 0. The Bertz CT molecular complexity index is 127. The third-order valence-electron chi connectivity index (χ3n) is 2.83. The van der Waals surface area contributed by atoms with E-state index in [4.69, 9.17) is 1.37 Å². The van der Waals surface area contributed by atoms with Crippen LogP contribution in [0.4, 0.5) is 0 Å². The Kier molecular flexibility index (Phi) is 5.99. The van der Waals surface area contributed by atoms with Crippen LogP contribution in [-0.4, -0.2) is 0 Å². The zero-order valence-corrected chi connectivity index (χ0v) is 11.4. The molecule has 0 heterocycles. The Hall–Kier alpha value is 1.64. The van der Waals surface area contributed by atoms with Crippen molar-refractivity contribution in [3.05, 3.63) is 6.42 Å². The Morgan fingerprint density at radius 1 is 1.45 bits per heavy atom. The van der Waals surface area contributed by atoms with Crippen LogP contribution in [0.3, 0.4) is 0 Å². The average Bonchev–Trinajstić information content (AvgIpc) is 2.28. The SMILES string of the molecule is [2H]C1[CH-]C(CC)C(CC)C1C.[K+]. The topological polar surface area (TPSA) is 0 Å². The molecule has 0 aliphatic heterocycles. The molecule has 0 amide bonds. The normalized spacial score (nSPS) is 44.8. The smallest absolute Gasteiger partial charge is 0.325 e. The van der Waals surface area contributed by atoms with Crippen molar-refractivity contribution in [3.8, 4) is 0 Å². The molecule has 0 radical (unpaired) electrons. The fourth-order valence-electron chi connectivity index (χ4n) is 2.11. The molecule has 1 fully saturated rings. The second-order valence-corrected chi connectivity index (χ2v) is 3.39. The molecule has 0 bridgehead atoms. The van der Waals surface area contributed by atoms with Gasteiger partial charge >= 0.3 is 51.4 Å². The molecule has 0 nitrogen and oxygen atoms in total. The van der Waals surface area contributed by atoms with E-state index < -0.39 is 0 Å². The molecular formula is C10H19K. The maximum Gasteiger partial charge on any atom is 1.00 e. The second kappa shape index (κ2) is 6.15. The van der Waals surface area contributed by atoms with Crippen molar-refractivity contribution in [1.82, 2.24) is 0 Å². The first-order valence-corrected chi connectivity index (χ1v) is 4.47. The summed E-state index contributed by atoms with van der Waals surface area (Å²) in [5, 5.41) is 0. The van der Waals surface area contributed by atoms with Crippen molar-refractivity contribution in [2.45, 2.75) is 40.0 Å². The van der Waals surface area contributed by atoms with E-state index in [-0.39, 0.29) is 57.8 Å². The molecule has 1 aliphatic carbocycles. The minimum Gasteiger partial charge on any atom is -0.325 e. The number of hydrogen-bond acceptors (Lipinski definition) is 0. The van der Waals surface area contributed by atoms with Gasteiger partial charge in [0.25, 0.3) is 0 Å². The predicted molar refractivity (Wildman–Crippen MR) is 45.6 cm³/mol. The van der Waals surface area contributed by atoms with E-state index in [9.17, 15) is 0 Å². The van der Waals surface area contributed by atoms with Gasteiger partial charge in [-0.2, -0.15) is 12.3 Å². The van der Waals surface area contributed by atoms with Crippen LogP contribution in [-0.2, 0) is 0 Å². The quantitative estimate of drug-likeness (QED) is 0.422. The molecule has 0 saturated heterocycles. The molecule has 1 rings (SSSR count). The van der Waals surface area contributed by atoms with Gasteiger partial charge in [0.05, 0.1) is 0 Å². The molecule has 4 unspecified atom stereocenters. The van der Waals surface area contributed by atoms with Gasteiger partial charge in [0, 0.05) is 0 Å². The predicted octanol–water partition coefficient (Wildman–Crippen LogP) is 0.287. The minimum atomic E-state index is 0. The van der Waals surface area contributed by atoms with Gasteiger partial charge in [0.1, 0.15) is 0 Å². The zero-order valence-electron chi connectivity index (χ0n) is 9.30. The van der Waals surface area contributed by atoms with E-state index in [0.717, 1.165) is 11.8 Å². The van der Waals surface area contributed by atoms with Gasteiger partial charge in [-0.1, -0.05) is 45.4 Å². The van der Waals surface area contributed by atoms with Crippen LogP contribution in [0.25, 0.3) is 0 Å². The third-order valence-corrected chi connectivity index (χ3v) is 2.83. The molecule has 11 heavy (non-hydrogen) atoms. The molecule has 0 spiro atoms. The number of hydrogen-bond donors (Lipinski definition) is 0. The average molecular weight is 179 g/mol. The van der Waals surface area contributed by atoms with E-state index in [1.165, 1.54) is 12.8 Å². The summed E-state index contributed by atoms with van der Waals surface area (Å²) in [6.07, 6.45) is 4.80. The van der Waals surface area contributed by atoms with Crippen LogP contribution >= 0.6 is 0 Å². The Balaban J connectivity index is 0.00000121. The van der Waals surface area contributed by atoms with E-state index in [1.807, 2.05) is 0 Å². The molecule has 60 valence electrons. The summed E-state index contributed by atoms with van der Waals surface area (Å²) in [5.74, 6) is 2.09. The Morgan fingerprint density at radius 2 is 2.09 bits per heavy atom. The van der Waals surface area contributed by atoms with E-state index >= 15 is 0 Å². The van der Waals surface area contributed by atoms with Gasteiger partial charge in [-0.15, -0.1) is 0 Å². The van der Waals surface area contributed by atoms with Gasteiger partial charge in [-0.3, -0.25) is 0 Å². The largest absolute Gasteiger partial charge is 1.00 e. The van der Waals surface area contributed by atoms with Gasteiger partial charge < -0.3 is 6.42 Å². The van der Waals surface area contributed by atoms with Gasteiger partial charge in [-0.25, -0.2) is 0 Å². The third kappa shape index (κ3) is 3.11. The van der Waals surface area contributed by atoms with Crippen LogP contribution in [0.1, 0.15) is 41.4 Å². The van der Waals surface area contributed by atoms with Crippen molar-refractivity contribution in [2.75, 3.05) is 0 Å². The summed E-state index contributed by atoms with van der Waals surface area (Å²) in [4.78, 5) is 0. The standard InChI is InChI=1S/C10H19.K/c1-4-9-7-6-8(3)10(9)5-2;/h7-10H,4-6H2,1-3H3;/q-1;+1/i6D;. The summed E-state index contributed by atoms with van der Waals surface area (Å²) >= 11 is 0. The Labute approximate surface area is 115 Å². The van der Waals surface area contributed by atoms with Crippen LogP contribution in [0, 0.1) is 24.2 Å². The van der Waals surface area contributed by atoms with E-state index in [0.29, 0.717) is 5.92 Å². The van der Waals surface area contributed by atoms with Crippen molar-refractivity contribution in [2.24, 2.45) is 17.8 Å². The molecular weight excluding hydrogens is 159 g/mol. The molecule has 0 aromatic rings. The molecule has 1 aliphatic rings. The maximum absolute atomic E-state index is 7.75. The summed E-state index contributed by atoms with van der Waals surface area (Å²) in [6, 6.07) is 0. The second-order valence-electron chi connectivity index (χ2n) is 3.39. The van der Waals surface area contributed by atoms with Crippen molar-refractivity contribution in [1.29, 1.82) is 0 Å².